The van der Waals surface area contributed by atoms with E-state index in [1.54, 1.807) is 0 Å². The van der Waals surface area contributed by atoms with Gasteiger partial charge in [-0.2, -0.15) is 0 Å². The maximum Gasteiger partial charge on any atom is 0.226 e. The fourth-order valence-corrected chi connectivity index (χ4v) is 0.144. The van der Waals surface area contributed by atoms with Gasteiger partial charge in [0.25, 0.3) is 0 Å². The van der Waals surface area contributed by atoms with Crippen molar-refractivity contribution in [1.82, 2.24) is 0 Å². The average molecular weight is 103 g/mol. The van der Waals surface area contributed by atoms with E-state index in [0.29, 0.717) is 11.9 Å². The van der Waals surface area contributed by atoms with Crippen LogP contribution in [-0.2, 0) is 4.79 Å². The summed E-state index contributed by atoms with van der Waals surface area (Å²) in [6.45, 7) is 3.18. The van der Waals surface area contributed by atoms with E-state index in [9.17, 15) is 4.79 Å². The van der Waals surface area contributed by atoms with Crippen molar-refractivity contribution in [2.75, 3.05) is 0 Å². The van der Waals surface area contributed by atoms with Gasteiger partial charge < -0.3 is 0 Å². The first-order chi connectivity index (χ1) is 2.81. The zero-order valence-electron chi connectivity index (χ0n) is 3.18. The molecule has 0 aromatic heterocycles. The predicted octanol–water partition coefficient (Wildman–Crippen LogP) is 0.306. The van der Waals surface area contributed by atoms with Crippen molar-refractivity contribution in [3.05, 3.63) is 12.7 Å². The second-order valence-corrected chi connectivity index (χ2v) is 1.28. The average Bonchev–Trinajstić information content (AvgIpc) is 1.65. The predicted molar refractivity (Wildman–Crippen MR) is 27.0 cm³/mol. The van der Waals surface area contributed by atoms with Crippen LogP contribution >= 0.6 is 11.9 Å². The molecule has 0 aromatic rings. The van der Waals surface area contributed by atoms with E-state index in [1.165, 1.54) is 6.08 Å². The van der Waals surface area contributed by atoms with Gasteiger partial charge in [0.1, 0.15) is 0 Å². The fourth-order valence-electron chi connectivity index (χ4n) is 0.0481. The van der Waals surface area contributed by atoms with Gasteiger partial charge in [0.15, 0.2) is 0 Å². The monoisotopic (exact) mass is 103 g/mol. The van der Waals surface area contributed by atoms with Crippen LogP contribution in [-0.4, -0.2) is 5.12 Å². The van der Waals surface area contributed by atoms with Gasteiger partial charge in [-0.25, -0.2) is 0 Å². The molecule has 6 heavy (non-hydrogen) atoms. The van der Waals surface area contributed by atoms with Crippen molar-refractivity contribution in [2.45, 2.75) is 0 Å². The molecular weight excluding hydrogens is 98.1 g/mol. The van der Waals surface area contributed by atoms with Gasteiger partial charge in [-0.3, -0.25) is 9.93 Å². The molecule has 2 N–H and O–H groups in total. The van der Waals surface area contributed by atoms with Crippen LogP contribution in [0.5, 0.6) is 0 Å². The molecular formula is C3H5NOS. The van der Waals surface area contributed by atoms with E-state index in [1.807, 2.05) is 0 Å². The molecule has 0 aromatic carbocycles. The highest BCUT2D eigenvalue weighted by Gasteiger charge is 1.83. The molecule has 34 valence electrons. The Balaban J connectivity index is 3.23. The van der Waals surface area contributed by atoms with Crippen molar-refractivity contribution in [3.63, 3.8) is 0 Å². The zero-order valence-corrected chi connectivity index (χ0v) is 3.99. The van der Waals surface area contributed by atoms with Crippen molar-refractivity contribution in [2.24, 2.45) is 5.14 Å². The number of hydrogen-bond acceptors (Lipinski definition) is 3. The van der Waals surface area contributed by atoms with Gasteiger partial charge in [0.05, 0.1) is 0 Å². The van der Waals surface area contributed by atoms with E-state index < -0.39 is 0 Å². The molecule has 0 saturated carbocycles. The summed E-state index contributed by atoms with van der Waals surface area (Å²) < 4.78 is 0. The summed E-state index contributed by atoms with van der Waals surface area (Å²) in [6.07, 6.45) is 1.17. The highest BCUT2D eigenvalue weighted by molar-refractivity contribution is 8.12. The van der Waals surface area contributed by atoms with Crippen molar-refractivity contribution in [3.8, 4) is 0 Å². The second-order valence-electron chi connectivity index (χ2n) is 0.641. The largest absolute Gasteiger partial charge is 0.281 e. The molecule has 0 saturated heterocycles. The molecule has 0 aliphatic rings. The minimum atomic E-state index is -0.199. The van der Waals surface area contributed by atoms with Crippen LogP contribution in [0.4, 0.5) is 0 Å². The summed E-state index contributed by atoms with van der Waals surface area (Å²) in [7, 11) is 0. The number of carbonyl (C=O) groups excluding carboxylic acids is 1. The summed E-state index contributed by atoms with van der Waals surface area (Å²) in [4.78, 5) is 9.90. The Morgan fingerprint density at radius 3 is 2.50 bits per heavy atom. The maximum absolute atomic E-state index is 9.90. The van der Waals surface area contributed by atoms with Gasteiger partial charge in [-0.05, 0) is 18.0 Å². The molecule has 0 heterocycles. The van der Waals surface area contributed by atoms with E-state index in [0.717, 1.165) is 0 Å². The molecule has 0 aliphatic carbocycles. The molecule has 0 rings (SSSR count). The first-order valence-corrected chi connectivity index (χ1v) is 2.22. The Morgan fingerprint density at radius 2 is 2.50 bits per heavy atom. The highest BCUT2D eigenvalue weighted by Crippen LogP contribution is 1.85. The van der Waals surface area contributed by atoms with Crippen LogP contribution in [0.3, 0.4) is 0 Å². The lowest BCUT2D eigenvalue weighted by Crippen LogP contribution is -1.87. The van der Waals surface area contributed by atoms with Crippen LogP contribution < -0.4 is 5.14 Å². The first-order valence-electron chi connectivity index (χ1n) is 1.34. The smallest absolute Gasteiger partial charge is 0.226 e. The molecule has 0 aliphatic heterocycles. The van der Waals surface area contributed by atoms with E-state index >= 15 is 0 Å². The molecule has 0 atom stereocenters. The van der Waals surface area contributed by atoms with Crippen LogP contribution in [0.15, 0.2) is 12.7 Å². The summed E-state index contributed by atoms with van der Waals surface area (Å²) in [5.74, 6) is 0. The highest BCUT2D eigenvalue weighted by atomic mass is 32.2. The van der Waals surface area contributed by atoms with E-state index in [-0.39, 0.29) is 5.12 Å². The van der Waals surface area contributed by atoms with Crippen molar-refractivity contribution in [1.29, 1.82) is 0 Å². The second kappa shape index (κ2) is 2.93. The SMILES string of the molecule is C=CC(=O)SN. The van der Waals surface area contributed by atoms with Crippen LogP contribution in [0.2, 0.25) is 0 Å². The molecule has 3 heteroatoms. The van der Waals surface area contributed by atoms with Gasteiger partial charge in [0, 0.05) is 0 Å². The lowest BCUT2D eigenvalue weighted by Gasteiger charge is -1.75. The lowest BCUT2D eigenvalue weighted by molar-refractivity contribution is -0.107. The lowest BCUT2D eigenvalue weighted by atomic mass is 10.7. The first kappa shape index (κ1) is 5.72. The Kier molecular flexibility index (Phi) is 2.80. The third kappa shape index (κ3) is 1.99. The molecule has 2 nitrogen and oxygen atoms in total. The number of hydrogen-bond donors (Lipinski definition) is 1. The summed E-state index contributed by atoms with van der Waals surface area (Å²) in [6, 6.07) is 0. The third-order valence-corrected chi connectivity index (χ3v) is 0.682. The molecule has 0 amide bonds. The Morgan fingerprint density at radius 1 is 2.00 bits per heavy atom. The normalized spacial score (nSPS) is 7.50. The maximum atomic E-state index is 9.90. The number of nitrogens with two attached hydrogens (primary N) is 1. The fraction of sp³-hybridized carbons (Fsp3) is 0. The van der Waals surface area contributed by atoms with Crippen LogP contribution in [0.25, 0.3) is 0 Å². The third-order valence-electron chi connectivity index (χ3n) is 0.283. The summed E-state index contributed by atoms with van der Waals surface area (Å²) >= 11 is 0.668. The van der Waals surface area contributed by atoms with Crippen molar-refractivity contribution >= 4 is 17.1 Å². The summed E-state index contributed by atoms with van der Waals surface area (Å²) in [5.41, 5.74) is 0. The van der Waals surface area contributed by atoms with Crippen LogP contribution in [0.1, 0.15) is 0 Å². The number of carbonyl (C=O) groups is 1. The quantitative estimate of drug-likeness (QED) is 0.383. The standard InChI is InChI=1S/C3H5NOS/c1-2-3(5)6-4/h2H,1,4H2. The molecule has 0 bridgehead atoms. The Hall–Kier alpha value is -0.280. The molecule has 0 radical (unpaired) electrons. The molecule has 0 fully saturated rings. The van der Waals surface area contributed by atoms with Gasteiger partial charge >= 0.3 is 0 Å². The Bertz CT molecular complexity index is 71.2. The molecule has 0 unspecified atom stereocenters. The molecule has 0 spiro atoms. The van der Waals surface area contributed by atoms with E-state index in [2.05, 4.69) is 6.58 Å². The minimum absolute atomic E-state index is 0.199. The van der Waals surface area contributed by atoms with Gasteiger partial charge in [0.2, 0.25) is 5.12 Å². The topological polar surface area (TPSA) is 43.1 Å². The van der Waals surface area contributed by atoms with Crippen molar-refractivity contribution < 1.29 is 4.79 Å². The zero-order chi connectivity index (χ0) is 4.99. The van der Waals surface area contributed by atoms with Gasteiger partial charge in [-0.1, -0.05) is 6.58 Å². The minimum Gasteiger partial charge on any atom is -0.281 e. The summed E-state index contributed by atoms with van der Waals surface area (Å²) in [5, 5.41) is 4.58. The van der Waals surface area contributed by atoms with Crippen LogP contribution in [0, 0.1) is 0 Å². The van der Waals surface area contributed by atoms with E-state index in [4.69, 9.17) is 5.14 Å². The Labute approximate surface area is 40.5 Å². The number of rotatable bonds is 1. The van der Waals surface area contributed by atoms with Gasteiger partial charge in [-0.15, -0.1) is 0 Å².